The number of hydrogen-bond acceptors (Lipinski definition) is 10. The van der Waals surface area contributed by atoms with E-state index in [1.54, 1.807) is 18.2 Å². The van der Waals surface area contributed by atoms with Gasteiger partial charge in [-0.1, -0.05) is 18.2 Å². The molecule has 12 nitrogen and oxygen atoms in total. The highest BCUT2D eigenvalue weighted by Crippen LogP contribution is 2.37. The van der Waals surface area contributed by atoms with Gasteiger partial charge in [-0.15, -0.1) is 5.11 Å². The van der Waals surface area contributed by atoms with E-state index in [4.69, 9.17) is 10.9 Å². The summed E-state index contributed by atoms with van der Waals surface area (Å²) in [7, 11) is -8.85. The van der Waals surface area contributed by atoms with Crippen molar-refractivity contribution in [2.75, 3.05) is 19.0 Å². The summed E-state index contributed by atoms with van der Waals surface area (Å²) in [6.07, 6.45) is 1.48. The molecule has 2 aromatic carbocycles. The van der Waals surface area contributed by atoms with Crippen LogP contribution < -0.4 is 10.9 Å². The van der Waals surface area contributed by atoms with Crippen LogP contribution in [-0.4, -0.2) is 62.8 Å². The SMILES string of the molecule is N[C@H](CO)CS(=O)(=O)c1ccc(-c2cccc3[nH]cnc23)c(C2=NCN=N2)c1S(N)(=O)=O. The first-order chi connectivity index (χ1) is 15.1. The molecule has 14 heteroatoms. The van der Waals surface area contributed by atoms with E-state index >= 15 is 0 Å². The predicted octanol–water partition coefficient (Wildman–Crippen LogP) is 0.141. The van der Waals surface area contributed by atoms with Gasteiger partial charge in [-0.2, -0.15) is 5.11 Å². The summed E-state index contributed by atoms with van der Waals surface area (Å²) in [6.45, 7) is -0.644. The molecule has 2 heterocycles. The predicted molar refractivity (Wildman–Crippen MR) is 116 cm³/mol. The number of aliphatic imine (C=N–C) groups is 1. The Bertz CT molecular complexity index is 1480. The van der Waals surface area contributed by atoms with E-state index in [2.05, 4.69) is 25.2 Å². The first-order valence-electron chi connectivity index (χ1n) is 9.27. The van der Waals surface area contributed by atoms with E-state index in [-0.39, 0.29) is 18.1 Å². The molecule has 0 saturated carbocycles. The number of primary sulfonamides is 1. The molecule has 4 rings (SSSR count). The third kappa shape index (κ3) is 3.93. The van der Waals surface area contributed by atoms with Crippen LogP contribution in [-0.2, 0) is 19.9 Å². The minimum absolute atomic E-state index is 0.0438. The molecule has 0 spiro atoms. The number of imidazole rings is 1. The highest BCUT2D eigenvalue weighted by Gasteiger charge is 2.33. The fourth-order valence-corrected chi connectivity index (χ4v) is 6.57. The lowest BCUT2D eigenvalue weighted by Gasteiger charge is -2.18. The molecular formula is C18H19N7O5S2. The molecule has 0 radical (unpaired) electrons. The minimum atomic E-state index is -4.59. The number of fused-ring (bicyclic) bond motifs is 1. The summed E-state index contributed by atoms with van der Waals surface area (Å²) in [4.78, 5) is 10.1. The number of para-hydroxylation sites is 1. The first kappa shape index (κ1) is 22.2. The topological polar surface area (TPSA) is 206 Å². The summed E-state index contributed by atoms with van der Waals surface area (Å²) < 4.78 is 51.5. The number of aliphatic hydroxyl groups is 1. The number of sulfonamides is 1. The Morgan fingerprint density at radius 3 is 2.56 bits per heavy atom. The van der Waals surface area contributed by atoms with Gasteiger partial charge in [-0.05, 0) is 17.7 Å². The van der Waals surface area contributed by atoms with E-state index in [1.165, 1.54) is 12.4 Å². The van der Waals surface area contributed by atoms with Gasteiger partial charge in [-0.25, -0.2) is 32.0 Å². The monoisotopic (exact) mass is 477 g/mol. The Kier molecular flexibility index (Phi) is 5.64. The van der Waals surface area contributed by atoms with Crippen LogP contribution in [0.1, 0.15) is 5.56 Å². The molecule has 1 aliphatic heterocycles. The van der Waals surface area contributed by atoms with Crippen molar-refractivity contribution in [2.45, 2.75) is 15.8 Å². The number of nitrogens with one attached hydrogen (secondary N) is 1. The molecule has 168 valence electrons. The number of azo groups is 1. The van der Waals surface area contributed by atoms with Gasteiger partial charge in [-0.3, -0.25) is 0 Å². The Morgan fingerprint density at radius 2 is 1.91 bits per heavy atom. The number of aromatic amines is 1. The van der Waals surface area contributed by atoms with Crippen molar-refractivity contribution in [3.63, 3.8) is 0 Å². The third-order valence-electron chi connectivity index (χ3n) is 4.82. The third-order valence-corrected chi connectivity index (χ3v) is 7.82. The molecule has 0 unspecified atom stereocenters. The zero-order valence-electron chi connectivity index (χ0n) is 16.5. The van der Waals surface area contributed by atoms with Gasteiger partial charge >= 0.3 is 0 Å². The summed E-state index contributed by atoms with van der Waals surface area (Å²) in [5, 5.41) is 22.4. The molecule has 1 aromatic heterocycles. The maximum absolute atomic E-state index is 13.0. The van der Waals surface area contributed by atoms with Crippen LogP contribution in [0.2, 0.25) is 0 Å². The molecule has 0 aliphatic carbocycles. The van der Waals surface area contributed by atoms with Crippen molar-refractivity contribution in [3.8, 4) is 11.1 Å². The van der Waals surface area contributed by atoms with E-state index in [1.807, 2.05) is 0 Å². The lowest BCUT2D eigenvalue weighted by atomic mass is 9.97. The summed E-state index contributed by atoms with van der Waals surface area (Å²) in [5.74, 6) is -0.756. The number of amidine groups is 1. The highest BCUT2D eigenvalue weighted by molar-refractivity contribution is 7.93. The second kappa shape index (κ2) is 8.14. The molecule has 0 amide bonds. The largest absolute Gasteiger partial charge is 0.395 e. The lowest BCUT2D eigenvalue weighted by Crippen LogP contribution is -2.34. The number of rotatable bonds is 7. The van der Waals surface area contributed by atoms with E-state index in [0.717, 1.165) is 6.07 Å². The maximum Gasteiger partial charge on any atom is 0.240 e. The second-order valence-corrected chi connectivity index (χ2v) is 10.6. The quantitative estimate of drug-likeness (QED) is 0.370. The van der Waals surface area contributed by atoms with Crippen LogP contribution in [0.5, 0.6) is 0 Å². The fraction of sp³-hybridized carbons (Fsp3) is 0.222. The molecule has 0 bridgehead atoms. The average Bonchev–Trinajstić information content (AvgIpc) is 3.43. The van der Waals surface area contributed by atoms with Crippen LogP contribution in [0.3, 0.4) is 0 Å². The minimum Gasteiger partial charge on any atom is -0.395 e. The average molecular weight is 478 g/mol. The van der Waals surface area contributed by atoms with Gasteiger partial charge in [0, 0.05) is 11.6 Å². The Balaban J connectivity index is 2.10. The number of benzene rings is 2. The normalized spacial score (nSPS) is 15.3. The Labute approximate surface area is 183 Å². The lowest BCUT2D eigenvalue weighted by molar-refractivity contribution is 0.274. The van der Waals surface area contributed by atoms with Crippen molar-refractivity contribution >= 4 is 36.7 Å². The summed E-state index contributed by atoms with van der Waals surface area (Å²) in [6, 6.07) is 6.71. The number of nitrogens with two attached hydrogens (primary N) is 2. The van der Waals surface area contributed by atoms with Crippen molar-refractivity contribution in [3.05, 3.63) is 42.2 Å². The number of hydrogen-bond donors (Lipinski definition) is 4. The van der Waals surface area contributed by atoms with Gasteiger partial charge < -0.3 is 15.8 Å². The zero-order chi connectivity index (χ0) is 23.1. The molecule has 0 fully saturated rings. The van der Waals surface area contributed by atoms with Crippen LogP contribution in [0.4, 0.5) is 0 Å². The Morgan fingerprint density at radius 1 is 1.12 bits per heavy atom. The molecule has 1 atom stereocenters. The molecular weight excluding hydrogens is 458 g/mol. The van der Waals surface area contributed by atoms with Gasteiger partial charge in [0.05, 0.1) is 40.2 Å². The van der Waals surface area contributed by atoms with E-state index in [0.29, 0.717) is 22.2 Å². The zero-order valence-corrected chi connectivity index (χ0v) is 18.1. The van der Waals surface area contributed by atoms with Crippen LogP contribution in [0, 0.1) is 0 Å². The summed E-state index contributed by atoms with van der Waals surface area (Å²) >= 11 is 0. The number of H-pyrrole nitrogens is 1. The first-order valence-corrected chi connectivity index (χ1v) is 12.5. The van der Waals surface area contributed by atoms with Crippen molar-refractivity contribution < 1.29 is 21.9 Å². The van der Waals surface area contributed by atoms with E-state index in [9.17, 15) is 21.9 Å². The van der Waals surface area contributed by atoms with Crippen LogP contribution in [0.15, 0.2) is 61.7 Å². The molecule has 32 heavy (non-hydrogen) atoms. The van der Waals surface area contributed by atoms with Crippen molar-refractivity contribution in [1.29, 1.82) is 0 Å². The van der Waals surface area contributed by atoms with Gasteiger partial charge in [0.15, 0.2) is 22.3 Å². The van der Waals surface area contributed by atoms with Crippen molar-refractivity contribution in [2.24, 2.45) is 26.1 Å². The number of aliphatic hydroxyl groups excluding tert-OH is 1. The smallest absolute Gasteiger partial charge is 0.240 e. The number of sulfone groups is 1. The van der Waals surface area contributed by atoms with Gasteiger partial charge in [0.1, 0.15) is 4.90 Å². The van der Waals surface area contributed by atoms with Gasteiger partial charge in [0.25, 0.3) is 0 Å². The maximum atomic E-state index is 13.0. The molecule has 6 N–H and O–H groups in total. The van der Waals surface area contributed by atoms with Crippen LogP contribution >= 0.6 is 0 Å². The number of nitrogens with zero attached hydrogens (tertiary/aromatic N) is 4. The number of aromatic nitrogens is 2. The molecule has 3 aromatic rings. The Hall–Kier alpha value is -3.04. The molecule has 1 aliphatic rings. The van der Waals surface area contributed by atoms with Gasteiger partial charge in [0.2, 0.25) is 10.0 Å². The summed E-state index contributed by atoms with van der Waals surface area (Å²) in [5.41, 5.74) is 7.56. The molecule has 0 saturated heterocycles. The van der Waals surface area contributed by atoms with E-state index < -0.39 is 48.1 Å². The van der Waals surface area contributed by atoms with Crippen molar-refractivity contribution in [1.82, 2.24) is 9.97 Å². The second-order valence-electron chi connectivity index (χ2n) is 7.05. The van der Waals surface area contributed by atoms with Crippen LogP contribution in [0.25, 0.3) is 22.2 Å². The fourth-order valence-electron chi connectivity index (χ4n) is 3.50. The standard InChI is InChI=1S/C18H19N7O5S2/c19-10(6-26)7-31(27,28)14-5-4-11(12-2-1-3-13-16(12)22-8-21-13)15(17(14)32(20,29)30)18-23-9-24-25-18/h1-5,8,10,26H,6-7,9,19H2,(H,21,22)(H2,20,29,30)/t10-/m1/s1. The highest BCUT2D eigenvalue weighted by atomic mass is 32.2.